The van der Waals surface area contributed by atoms with Crippen LogP contribution in [-0.4, -0.2) is 15.8 Å². The second-order valence-electron chi connectivity index (χ2n) is 4.93. The number of carbonyl (C=O) groups excluding carboxylic acids is 1. The summed E-state index contributed by atoms with van der Waals surface area (Å²) in [6.07, 6.45) is 6.37. The SMILES string of the molecule is CC(=O)/C=C/c1c[nH]c2ncc(-c3ccc(F)cc3F)cc12. The molecule has 3 aromatic rings. The molecule has 0 bridgehead atoms. The lowest BCUT2D eigenvalue weighted by Gasteiger charge is -2.04. The zero-order valence-corrected chi connectivity index (χ0v) is 11.7. The van der Waals surface area contributed by atoms with Crippen LogP contribution in [0.3, 0.4) is 0 Å². The first-order valence-electron chi connectivity index (χ1n) is 6.66. The van der Waals surface area contributed by atoms with Crippen molar-refractivity contribution in [1.29, 1.82) is 0 Å². The number of nitrogens with zero attached hydrogens (tertiary/aromatic N) is 1. The Balaban J connectivity index is 2.12. The number of fused-ring (bicyclic) bond motifs is 1. The summed E-state index contributed by atoms with van der Waals surface area (Å²) in [7, 11) is 0. The van der Waals surface area contributed by atoms with Crippen molar-refractivity contribution in [1.82, 2.24) is 9.97 Å². The maximum atomic E-state index is 13.9. The normalized spacial score (nSPS) is 11.4. The van der Waals surface area contributed by atoms with E-state index in [0.717, 1.165) is 17.0 Å². The molecule has 5 heteroatoms. The highest BCUT2D eigenvalue weighted by Gasteiger charge is 2.10. The summed E-state index contributed by atoms with van der Waals surface area (Å²) in [5.41, 5.74) is 2.23. The second kappa shape index (κ2) is 5.52. The Bertz CT molecular complexity index is 897. The van der Waals surface area contributed by atoms with Crippen molar-refractivity contribution in [3.05, 3.63) is 59.9 Å². The van der Waals surface area contributed by atoms with E-state index in [1.807, 2.05) is 0 Å². The lowest BCUT2D eigenvalue weighted by molar-refractivity contribution is -0.112. The van der Waals surface area contributed by atoms with Crippen LogP contribution in [-0.2, 0) is 4.79 Å². The zero-order valence-electron chi connectivity index (χ0n) is 11.7. The van der Waals surface area contributed by atoms with Crippen LogP contribution >= 0.6 is 0 Å². The number of ketones is 1. The van der Waals surface area contributed by atoms with Gasteiger partial charge in [0.05, 0.1) is 0 Å². The average Bonchev–Trinajstić information content (AvgIpc) is 2.87. The molecule has 1 N–H and O–H groups in total. The number of halogens is 2. The molecule has 0 spiro atoms. The predicted molar refractivity (Wildman–Crippen MR) is 81.2 cm³/mol. The van der Waals surface area contributed by atoms with Crippen LogP contribution in [0, 0.1) is 11.6 Å². The summed E-state index contributed by atoms with van der Waals surface area (Å²) in [4.78, 5) is 18.3. The number of allylic oxidation sites excluding steroid dienone is 1. The molecule has 0 unspecified atom stereocenters. The van der Waals surface area contributed by atoms with E-state index in [2.05, 4.69) is 9.97 Å². The van der Waals surface area contributed by atoms with Crippen LogP contribution in [0.15, 0.2) is 42.7 Å². The fraction of sp³-hybridized carbons (Fsp3) is 0.0588. The number of aromatic amines is 1. The van der Waals surface area contributed by atoms with Crippen molar-refractivity contribution in [2.75, 3.05) is 0 Å². The molecule has 1 aromatic carbocycles. The van der Waals surface area contributed by atoms with E-state index in [1.165, 1.54) is 31.3 Å². The van der Waals surface area contributed by atoms with Crippen molar-refractivity contribution in [2.24, 2.45) is 0 Å². The fourth-order valence-corrected chi connectivity index (χ4v) is 2.24. The van der Waals surface area contributed by atoms with Crippen molar-refractivity contribution in [2.45, 2.75) is 6.92 Å². The molecule has 0 aliphatic heterocycles. The fourth-order valence-electron chi connectivity index (χ4n) is 2.24. The number of rotatable bonds is 3. The van der Waals surface area contributed by atoms with Gasteiger partial charge in [0.2, 0.25) is 0 Å². The molecule has 110 valence electrons. The van der Waals surface area contributed by atoms with Gasteiger partial charge in [-0.1, -0.05) is 0 Å². The Kier molecular flexibility index (Phi) is 3.55. The third-order valence-electron chi connectivity index (χ3n) is 3.30. The summed E-state index contributed by atoms with van der Waals surface area (Å²) in [5.74, 6) is -1.33. The van der Waals surface area contributed by atoms with Gasteiger partial charge in [0.1, 0.15) is 17.3 Å². The summed E-state index contributed by atoms with van der Waals surface area (Å²) in [6.45, 7) is 1.46. The third kappa shape index (κ3) is 2.65. The molecule has 0 amide bonds. The van der Waals surface area contributed by atoms with Gasteiger partial charge in [-0.05, 0) is 37.3 Å². The summed E-state index contributed by atoms with van der Waals surface area (Å²) >= 11 is 0. The second-order valence-corrected chi connectivity index (χ2v) is 4.93. The molecule has 0 aliphatic rings. The van der Waals surface area contributed by atoms with E-state index in [9.17, 15) is 13.6 Å². The van der Waals surface area contributed by atoms with Crippen LogP contribution in [0.2, 0.25) is 0 Å². The zero-order chi connectivity index (χ0) is 15.7. The largest absolute Gasteiger partial charge is 0.346 e. The van der Waals surface area contributed by atoms with Crippen molar-refractivity contribution in [3.63, 3.8) is 0 Å². The molecular weight excluding hydrogens is 286 g/mol. The number of carbonyl (C=O) groups is 1. The molecule has 22 heavy (non-hydrogen) atoms. The Morgan fingerprint density at radius 1 is 1.27 bits per heavy atom. The van der Waals surface area contributed by atoms with Gasteiger partial charge in [-0.2, -0.15) is 0 Å². The number of benzene rings is 1. The van der Waals surface area contributed by atoms with E-state index in [-0.39, 0.29) is 11.3 Å². The van der Waals surface area contributed by atoms with E-state index in [4.69, 9.17) is 0 Å². The van der Waals surface area contributed by atoms with E-state index < -0.39 is 11.6 Å². The van der Waals surface area contributed by atoms with Crippen molar-refractivity contribution in [3.8, 4) is 11.1 Å². The van der Waals surface area contributed by atoms with Gasteiger partial charge >= 0.3 is 0 Å². The highest BCUT2D eigenvalue weighted by Crippen LogP contribution is 2.27. The van der Waals surface area contributed by atoms with Crippen LogP contribution in [0.25, 0.3) is 28.2 Å². The first kappa shape index (κ1) is 14.1. The minimum Gasteiger partial charge on any atom is -0.346 e. The number of H-pyrrole nitrogens is 1. The molecule has 3 nitrogen and oxygen atoms in total. The molecule has 0 aliphatic carbocycles. The lowest BCUT2D eigenvalue weighted by Crippen LogP contribution is -1.88. The van der Waals surface area contributed by atoms with Crippen molar-refractivity contribution >= 4 is 22.9 Å². The Morgan fingerprint density at radius 3 is 2.82 bits per heavy atom. The highest BCUT2D eigenvalue weighted by atomic mass is 19.1. The van der Waals surface area contributed by atoms with Gasteiger partial charge in [0.25, 0.3) is 0 Å². The van der Waals surface area contributed by atoms with Gasteiger partial charge in [-0.3, -0.25) is 4.79 Å². The van der Waals surface area contributed by atoms with Gasteiger partial charge in [0, 0.05) is 40.5 Å². The van der Waals surface area contributed by atoms with Gasteiger partial charge in [-0.25, -0.2) is 13.8 Å². The average molecular weight is 298 g/mol. The summed E-state index contributed by atoms with van der Waals surface area (Å²) < 4.78 is 26.9. The van der Waals surface area contributed by atoms with Gasteiger partial charge < -0.3 is 4.98 Å². The van der Waals surface area contributed by atoms with Gasteiger partial charge in [0.15, 0.2) is 5.78 Å². The Hall–Kier alpha value is -2.82. The first-order valence-corrected chi connectivity index (χ1v) is 6.66. The summed E-state index contributed by atoms with van der Waals surface area (Å²) in [6, 6.07) is 5.18. The number of aromatic nitrogens is 2. The van der Waals surface area contributed by atoms with Crippen LogP contribution < -0.4 is 0 Å². The molecule has 0 saturated heterocycles. The molecule has 0 saturated carbocycles. The Labute approximate surface area is 125 Å². The minimum atomic E-state index is -0.641. The maximum Gasteiger partial charge on any atom is 0.152 e. The van der Waals surface area contributed by atoms with Crippen LogP contribution in [0.4, 0.5) is 8.78 Å². The molecule has 0 atom stereocenters. The quantitative estimate of drug-likeness (QED) is 0.740. The van der Waals surface area contributed by atoms with E-state index in [0.29, 0.717) is 11.2 Å². The lowest BCUT2D eigenvalue weighted by atomic mass is 10.0. The molecular formula is C17H12F2N2O. The molecule has 3 rings (SSSR count). The monoisotopic (exact) mass is 298 g/mol. The van der Waals surface area contributed by atoms with Crippen molar-refractivity contribution < 1.29 is 13.6 Å². The third-order valence-corrected chi connectivity index (χ3v) is 3.30. The smallest absolute Gasteiger partial charge is 0.152 e. The number of hydrogen-bond acceptors (Lipinski definition) is 2. The van der Waals surface area contributed by atoms with Crippen LogP contribution in [0.1, 0.15) is 12.5 Å². The van der Waals surface area contributed by atoms with E-state index in [1.54, 1.807) is 18.3 Å². The maximum absolute atomic E-state index is 13.9. The number of pyridine rings is 1. The Morgan fingerprint density at radius 2 is 2.09 bits per heavy atom. The summed E-state index contributed by atoms with van der Waals surface area (Å²) in [5, 5.41) is 0.763. The number of hydrogen-bond donors (Lipinski definition) is 1. The molecule has 0 radical (unpaired) electrons. The molecule has 0 fully saturated rings. The predicted octanol–water partition coefficient (Wildman–Crippen LogP) is 4.11. The molecule has 2 heterocycles. The van der Waals surface area contributed by atoms with E-state index >= 15 is 0 Å². The van der Waals surface area contributed by atoms with Gasteiger partial charge in [-0.15, -0.1) is 0 Å². The standard InChI is InChI=1S/C17H12F2N2O/c1-10(22)2-3-11-8-20-17-15(11)6-12(9-21-17)14-5-4-13(18)7-16(14)19/h2-9H,1H3,(H,20,21)/b3-2+. The topological polar surface area (TPSA) is 45.8 Å². The highest BCUT2D eigenvalue weighted by molar-refractivity contribution is 5.96. The number of nitrogens with one attached hydrogen (secondary N) is 1. The molecule has 2 aromatic heterocycles. The minimum absolute atomic E-state index is 0.0666. The van der Waals surface area contributed by atoms with Crippen LogP contribution in [0.5, 0.6) is 0 Å². The first-order chi connectivity index (χ1) is 10.5.